The van der Waals surface area contributed by atoms with Crippen molar-refractivity contribution < 1.29 is 9.47 Å². The Balaban J connectivity index is 2.83. The number of rotatable bonds is 6. The third-order valence-corrected chi connectivity index (χ3v) is 2.43. The highest BCUT2D eigenvalue weighted by Gasteiger charge is 2.11. The zero-order chi connectivity index (χ0) is 12.0. The third-order valence-electron chi connectivity index (χ3n) is 2.14. The van der Waals surface area contributed by atoms with Crippen molar-refractivity contribution in [1.82, 2.24) is 5.32 Å². The van der Waals surface area contributed by atoms with Crippen LogP contribution in [0.2, 0.25) is 5.02 Å². The maximum atomic E-state index is 6.12. The molecular formula is C12H18ClNO2. The number of benzene rings is 1. The maximum Gasteiger partial charge on any atom is 0.142 e. The molecule has 0 fully saturated rings. The molecule has 0 bridgehead atoms. The number of nitrogens with one attached hydrogen (secondary N) is 1. The van der Waals surface area contributed by atoms with Crippen LogP contribution in [0, 0.1) is 0 Å². The number of hydrogen-bond donors (Lipinski definition) is 1. The van der Waals surface area contributed by atoms with Gasteiger partial charge >= 0.3 is 0 Å². The van der Waals surface area contributed by atoms with Crippen molar-refractivity contribution in [1.29, 1.82) is 0 Å². The van der Waals surface area contributed by atoms with Crippen LogP contribution in [0.1, 0.15) is 12.5 Å². The van der Waals surface area contributed by atoms with Crippen molar-refractivity contribution in [3.63, 3.8) is 0 Å². The summed E-state index contributed by atoms with van der Waals surface area (Å²) in [6, 6.07) is 5.75. The highest BCUT2D eigenvalue weighted by molar-refractivity contribution is 6.32. The highest BCUT2D eigenvalue weighted by atomic mass is 35.5. The molecule has 0 saturated carbocycles. The fourth-order valence-corrected chi connectivity index (χ4v) is 1.72. The molecule has 0 saturated heterocycles. The van der Waals surface area contributed by atoms with Crippen molar-refractivity contribution in [2.24, 2.45) is 0 Å². The van der Waals surface area contributed by atoms with Crippen molar-refractivity contribution in [2.75, 3.05) is 20.8 Å². The maximum absolute atomic E-state index is 6.12. The molecule has 0 aliphatic heterocycles. The minimum absolute atomic E-state index is 0.0134. The van der Waals surface area contributed by atoms with E-state index in [9.17, 15) is 0 Å². The Hall–Kier alpha value is -0.770. The zero-order valence-corrected chi connectivity index (χ0v) is 10.7. The minimum atomic E-state index is -0.0134. The van der Waals surface area contributed by atoms with Gasteiger partial charge in [0, 0.05) is 19.2 Å². The van der Waals surface area contributed by atoms with Crippen LogP contribution < -0.4 is 10.1 Å². The first-order valence-electron chi connectivity index (χ1n) is 5.26. The average molecular weight is 244 g/mol. The molecule has 16 heavy (non-hydrogen) atoms. The fraction of sp³-hybridized carbons (Fsp3) is 0.500. The second kappa shape index (κ2) is 6.74. The topological polar surface area (TPSA) is 30.5 Å². The molecule has 1 N–H and O–H groups in total. The van der Waals surface area contributed by atoms with Gasteiger partial charge in [-0.1, -0.05) is 23.7 Å². The minimum Gasteiger partial charge on any atom is -0.486 e. The highest BCUT2D eigenvalue weighted by Crippen LogP contribution is 2.29. The molecule has 3 nitrogen and oxygen atoms in total. The first-order valence-corrected chi connectivity index (χ1v) is 5.64. The van der Waals surface area contributed by atoms with Gasteiger partial charge in [-0.3, -0.25) is 0 Å². The van der Waals surface area contributed by atoms with Crippen molar-refractivity contribution in [3.8, 4) is 5.75 Å². The van der Waals surface area contributed by atoms with Gasteiger partial charge in [0.1, 0.15) is 11.9 Å². The Bertz CT molecular complexity index is 331. The molecule has 0 aliphatic rings. The summed E-state index contributed by atoms with van der Waals surface area (Å²) in [5.74, 6) is 0.739. The molecule has 1 aromatic carbocycles. The molecule has 0 amide bonds. The van der Waals surface area contributed by atoms with E-state index in [0.29, 0.717) is 11.6 Å². The lowest BCUT2D eigenvalue weighted by molar-refractivity contribution is 0.0914. The fourth-order valence-electron chi connectivity index (χ4n) is 1.49. The second-order valence-corrected chi connectivity index (χ2v) is 4.05. The molecule has 0 spiro atoms. The number of methoxy groups -OCH3 is 1. The van der Waals surface area contributed by atoms with E-state index in [1.807, 2.05) is 32.2 Å². The smallest absolute Gasteiger partial charge is 0.142 e. The normalized spacial score (nSPS) is 12.5. The summed E-state index contributed by atoms with van der Waals surface area (Å²) in [5, 5.41) is 3.72. The summed E-state index contributed by atoms with van der Waals surface area (Å²) in [6.45, 7) is 3.23. The molecule has 1 rings (SSSR count). The van der Waals surface area contributed by atoms with Gasteiger partial charge in [-0.15, -0.1) is 0 Å². The Kier molecular flexibility index (Phi) is 5.60. The summed E-state index contributed by atoms with van der Waals surface area (Å²) >= 11 is 6.12. The standard InChI is InChI=1S/C12H18ClNO2/c1-9(8-15-3)16-12-10(7-14-2)5-4-6-11(12)13/h4-6,9,14H,7-8H2,1-3H3. The predicted octanol–water partition coefficient (Wildman–Crippen LogP) is 2.47. The summed E-state index contributed by atoms with van der Waals surface area (Å²) in [7, 11) is 3.55. The molecule has 0 aliphatic carbocycles. The largest absolute Gasteiger partial charge is 0.486 e. The van der Waals surface area contributed by atoms with Gasteiger partial charge < -0.3 is 14.8 Å². The van der Waals surface area contributed by atoms with Crippen LogP contribution in [0.5, 0.6) is 5.75 Å². The van der Waals surface area contributed by atoms with E-state index in [0.717, 1.165) is 17.9 Å². The number of para-hydroxylation sites is 1. The number of halogens is 1. The Labute approximate surface area is 102 Å². The number of hydrogen-bond acceptors (Lipinski definition) is 3. The molecule has 1 atom stereocenters. The summed E-state index contributed by atoms with van der Waals surface area (Å²) in [4.78, 5) is 0. The van der Waals surface area contributed by atoms with E-state index in [1.54, 1.807) is 7.11 Å². The van der Waals surface area contributed by atoms with Crippen LogP contribution in [0.25, 0.3) is 0 Å². The SMILES string of the molecule is CNCc1cccc(Cl)c1OC(C)COC. The van der Waals surface area contributed by atoms with Crippen LogP contribution in [-0.4, -0.2) is 26.9 Å². The van der Waals surface area contributed by atoms with E-state index in [-0.39, 0.29) is 6.10 Å². The van der Waals surface area contributed by atoms with Gasteiger partial charge in [-0.05, 0) is 20.0 Å². The Morgan fingerprint density at radius 3 is 2.81 bits per heavy atom. The molecule has 4 heteroatoms. The summed E-state index contributed by atoms with van der Waals surface area (Å²) < 4.78 is 10.8. The lowest BCUT2D eigenvalue weighted by Gasteiger charge is -2.18. The molecule has 0 heterocycles. The first kappa shape index (κ1) is 13.3. The average Bonchev–Trinajstić information content (AvgIpc) is 2.24. The Morgan fingerprint density at radius 2 is 2.19 bits per heavy atom. The lowest BCUT2D eigenvalue weighted by Crippen LogP contribution is -2.19. The van der Waals surface area contributed by atoms with E-state index in [2.05, 4.69) is 5.32 Å². The van der Waals surface area contributed by atoms with Crippen LogP contribution in [0.3, 0.4) is 0 Å². The van der Waals surface area contributed by atoms with E-state index < -0.39 is 0 Å². The van der Waals surface area contributed by atoms with Gasteiger partial charge in [0.15, 0.2) is 0 Å². The van der Waals surface area contributed by atoms with E-state index in [1.165, 1.54) is 0 Å². The van der Waals surface area contributed by atoms with Gasteiger partial charge in [0.2, 0.25) is 0 Å². The zero-order valence-electron chi connectivity index (χ0n) is 9.92. The second-order valence-electron chi connectivity index (χ2n) is 3.64. The molecule has 90 valence electrons. The van der Waals surface area contributed by atoms with Crippen LogP contribution in [0.4, 0.5) is 0 Å². The quantitative estimate of drug-likeness (QED) is 0.833. The third kappa shape index (κ3) is 3.67. The molecule has 0 aromatic heterocycles. The lowest BCUT2D eigenvalue weighted by atomic mass is 10.2. The first-order chi connectivity index (χ1) is 7.69. The predicted molar refractivity (Wildman–Crippen MR) is 66.2 cm³/mol. The van der Waals surface area contributed by atoms with Gasteiger partial charge in [-0.2, -0.15) is 0 Å². The van der Waals surface area contributed by atoms with Gasteiger partial charge in [0.25, 0.3) is 0 Å². The van der Waals surface area contributed by atoms with E-state index in [4.69, 9.17) is 21.1 Å². The Morgan fingerprint density at radius 1 is 1.44 bits per heavy atom. The molecule has 0 radical (unpaired) electrons. The van der Waals surface area contributed by atoms with Crippen LogP contribution >= 0.6 is 11.6 Å². The van der Waals surface area contributed by atoms with Gasteiger partial charge in [-0.25, -0.2) is 0 Å². The molecule has 1 aromatic rings. The van der Waals surface area contributed by atoms with E-state index >= 15 is 0 Å². The van der Waals surface area contributed by atoms with Crippen molar-refractivity contribution in [2.45, 2.75) is 19.6 Å². The van der Waals surface area contributed by atoms with Crippen molar-refractivity contribution in [3.05, 3.63) is 28.8 Å². The summed E-state index contributed by atoms with van der Waals surface area (Å²) in [6.07, 6.45) is -0.0134. The van der Waals surface area contributed by atoms with Crippen LogP contribution in [-0.2, 0) is 11.3 Å². The van der Waals surface area contributed by atoms with Crippen molar-refractivity contribution >= 4 is 11.6 Å². The van der Waals surface area contributed by atoms with Gasteiger partial charge in [0.05, 0.1) is 11.6 Å². The number of ether oxygens (including phenoxy) is 2. The molecule has 1 unspecified atom stereocenters. The summed E-state index contributed by atoms with van der Waals surface area (Å²) in [5.41, 5.74) is 1.05. The molecular weight excluding hydrogens is 226 g/mol. The monoisotopic (exact) mass is 243 g/mol. The van der Waals surface area contributed by atoms with Crippen LogP contribution in [0.15, 0.2) is 18.2 Å².